The highest BCUT2D eigenvalue weighted by Crippen LogP contribution is 2.42. The second-order valence-corrected chi connectivity index (χ2v) is 7.00. The van der Waals surface area contributed by atoms with E-state index in [-0.39, 0.29) is 18.4 Å². The van der Waals surface area contributed by atoms with Gasteiger partial charge in [0.05, 0.1) is 12.0 Å². The summed E-state index contributed by atoms with van der Waals surface area (Å²) in [5.41, 5.74) is 0.708. The third kappa shape index (κ3) is 3.94. The van der Waals surface area contributed by atoms with Crippen LogP contribution in [0.4, 0.5) is 0 Å². The van der Waals surface area contributed by atoms with Gasteiger partial charge >= 0.3 is 5.97 Å². The molecule has 0 unspecified atom stereocenters. The summed E-state index contributed by atoms with van der Waals surface area (Å²) in [6, 6.07) is 10.9. The molecule has 0 atom stereocenters. The van der Waals surface area contributed by atoms with Crippen LogP contribution in [0.2, 0.25) is 0 Å². The number of piperidine rings is 1. The minimum Gasteiger partial charge on any atom is -0.465 e. The summed E-state index contributed by atoms with van der Waals surface area (Å²) in [4.78, 5) is 15.4. The molecule has 24 heavy (non-hydrogen) atoms. The third-order valence-corrected chi connectivity index (χ3v) is 5.71. The zero-order valence-electron chi connectivity index (χ0n) is 14.7. The van der Waals surface area contributed by atoms with Crippen molar-refractivity contribution in [3.8, 4) is 0 Å². The van der Waals surface area contributed by atoms with E-state index in [1.165, 1.54) is 32.4 Å². The van der Waals surface area contributed by atoms with Crippen molar-refractivity contribution in [2.45, 2.75) is 63.3 Å². The van der Waals surface area contributed by atoms with E-state index in [4.69, 9.17) is 4.74 Å². The van der Waals surface area contributed by atoms with E-state index in [0.29, 0.717) is 12.6 Å². The average Bonchev–Trinajstić information content (AvgIpc) is 2.63. The second kappa shape index (κ2) is 8.87. The van der Waals surface area contributed by atoms with Crippen molar-refractivity contribution in [1.82, 2.24) is 4.90 Å². The van der Waals surface area contributed by atoms with Crippen LogP contribution in [-0.4, -0.2) is 36.6 Å². The van der Waals surface area contributed by atoms with Gasteiger partial charge in [-0.25, -0.2) is 0 Å². The highest BCUT2D eigenvalue weighted by molar-refractivity contribution is 5.85. The Bertz CT molecular complexity index is 506. The number of benzene rings is 1. The number of carbonyl (C=O) groups is 1. The maximum absolute atomic E-state index is 12.8. The molecule has 2 aliphatic rings. The summed E-state index contributed by atoms with van der Waals surface area (Å²) in [5.74, 6) is -0.0247. The first-order valence-electron chi connectivity index (χ1n) is 9.23. The average molecular weight is 352 g/mol. The standard InChI is InChI=1S/C20H29NO2.ClH/c1-2-23-19(22)20(17-9-5-3-6-10-17)13-11-18(12-14-20)21-15-7-4-8-16-21;/h3,5-6,9-10,18H,2,4,7-8,11-16H2,1H3;1H. The van der Waals surface area contributed by atoms with Crippen LogP contribution in [0.25, 0.3) is 0 Å². The number of hydrogen-bond donors (Lipinski definition) is 0. The number of esters is 1. The molecule has 0 spiro atoms. The topological polar surface area (TPSA) is 29.5 Å². The molecule has 1 saturated carbocycles. The predicted molar refractivity (Wildman–Crippen MR) is 99.7 cm³/mol. The van der Waals surface area contributed by atoms with Gasteiger partial charge in [0.1, 0.15) is 0 Å². The van der Waals surface area contributed by atoms with Gasteiger partial charge in [-0.3, -0.25) is 4.79 Å². The molecule has 0 radical (unpaired) electrons. The molecule has 1 aromatic carbocycles. The summed E-state index contributed by atoms with van der Waals surface area (Å²) in [6.45, 7) is 4.84. The van der Waals surface area contributed by atoms with Crippen molar-refractivity contribution < 1.29 is 9.53 Å². The molecule has 134 valence electrons. The van der Waals surface area contributed by atoms with Gasteiger partial charge in [-0.05, 0) is 64.1 Å². The molecule has 1 aliphatic heterocycles. The van der Waals surface area contributed by atoms with E-state index in [1.54, 1.807) is 0 Å². The molecule has 4 heteroatoms. The Balaban J connectivity index is 0.00000208. The van der Waals surface area contributed by atoms with Crippen LogP contribution < -0.4 is 0 Å². The van der Waals surface area contributed by atoms with Crippen LogP contribution >= 0.6 is 12.4 Å². The van der Waals surface area contributed by atoms with Crippen LogP contribution in [-0.2, 0) is 14.9 Å². The normalized spacial score (nSPS) is 28.0. The van der Waals surface area contributed by atoms with Gasteiger partial charge in [0.25, 0.3) is 0 Å². The highest BCUT2D eigenvalue weighted by Gasteiger charge is 2.45. The van der Waals surface area contributed by atoms with Gasteiger partial charge in [-0.2, -0.15) is 0 Å². The first kappa shape index (κ1) is 19.3. The molecule has 1 saturated heterocycles. The van der Waals surface area contributed by atoms with Crippen LogP contribution in [0.15, 0.2) is 30.3 Å². The third-order valence-electron chi connectivity index (χ3n) is 5.71. The number of ether oxygens (including phenoxy) is 1. The lowest BCUT2D eigenvalue weighted by Crippen LogP contribution is -2.47. The first-order chi connectivity index (χ1) is 11.3. The molecule has 0 aromatic heterocycles. The lowest BCUT2D eigenvalue weighted by Gasteiger charge is -2.43. The fourth-order valence-corrected chi connectivity index (χ4v) is 4.38. The Hall–Kier alpha value is -1.06. The molecule has 1 aromatic rings. The minimum absolute atomic E-state index is 0. The molecule has 1 heterocycles. The van der Waals surface area contributed by atoms with Crippen molar-refractivity contribution in [3.63, 3.8) is 0 Å². The Morgan fingerprint density at radius 1 is 1.12 bits per heavy atom. The minimum atomic E-state index is -0.427. The monoisotopic (exact) mass is 351 g/mol. The zero-order chi connectivity index (χ0) is 16.1. The lowest BCUT2D eigenvalue weighted by atomic mass is 9.68. The summed E-state index contributed by atoms with van der Waals surface area (Å²) in [7, 11) is 0. The van der Waals surface area contributed by atoms with Gasteiger partial charge in [0, 0.05) is 6.04 Å². The van der Waals surface area contributed by atoms with E-state index < -0.39 is 5.41 Å². The van der Waals surface area contributed by atoms with Crippen molar-refractivity contribution >= 4 is 18.4 Å². The predicted octanol–water partition coefficient (Wildman–Crippen LogP) is 4.34. The van der Waals surface area contributed by atoms with Gasteiger partial charge in [-0.15, -0.1) is 12.4 Å². The molecular weight excluding hydrogens is 322 g/mol. The van der Waals surface area contributed by atoms with Crippen molar-refractivity contribution in [3.05, 3.63) is 35.9 Å². The molecule has 1 aliphatic carbocycles. The molecule has 0 N–H and O–H groups in total. The first-order valence-corrected chi connectivity index (χ1v) is 9.23. The van der Waals surface area contributed by atoms with Crippen LogP contribution in [0.3, 0.4) is 0 Å². The molecule has 2 fully saturated rings. The van der Waals surface area contributed by atoms with E-state index in [2.05, 4.69) is 17.0 Å². The summed E-state index contributed by atoms with van der Waals surface area (Å²) >= 11 is 0. The number of hydrogen-bond acceptors (Lipinski definition) is 3. The molecule has 3 rings (SSSR count). The Labute approximate surface area is 152 Å². The van der Waals surface area contributed by atoms with Gasteiger partial charge < -0.3 is 9.64 Å². The molecule has 3 nitrogen and oxygen atoms in total. The van der Waals surface area contributed by atoms with Crippen molar-refractivity contribution in [2.75, 3.05) is 19.7 Å². The summed E-state index contributed by atoms with van der Waals surface area (Å²) in [5, 5.41) is 0. The van der Waals surface area contributed by atoms with E-state index in [0.717, 1.165) is 31.2 Å². The number of carbonyl (C=O) groups excluding carboxylic acids is 1. The number of nitrogens with zero attached hydrogens (tertiary/aromatic N) is 1. The van der Waals surface area contributed by atoms with Crippen LogP contribution in [0, 0.1) is 0 Å². The zero-order valence-corrected chi connectivity index (χ0v) is 15.5. The van der Waals surface area contributed by atoms with E-state index in [1.807, 2.05) is 25.1 Å². The smallest absolute Gasteiger partial charge is 0.316 e. The molecular formula is C20H30ClNO2. The molecule has 0 bridgehead atoms. The second-order valence-electron chi connectivity index (χ2n) is 7.00. The highest BCUT2D eigenvalue weighted by atomic mass is 35.5. The summed E-state index contributed by atoms with van der Waals surface area (Å²) < 4.78 is 5.47. The fraction of sp³-hybridized carbons (Fsp3) is 0.650. The van der Waals surface area contributed by atoms with E-state index in [9.17, 15) is 4.79 Å². The Morgan fingerprint density at radius 3 is 2.33 bits per heavy atom. The summed E-state index contributed by atoms with van der Waals surface area (Å²) in [6.07, 6.45) is 8.08. The van der Waals surface area contributed by atoms with Gasteiger partial charge in [-0.1, -0.05) is 36.8 Å². The van der Waals surface area contributed by atoms with Gasteiger partial charge in [0.15, 0.2) is 0 Å². The number of likely N-dealkylation sites (tertiary alicyclic amines) is 1. The van der Waals surface area contributed by atoms with Crippen molar-refractivity contribution in [1.29, 1.82) is 0 Å². The van der Waals surface area contributed by atoms with Gasteiger partial charge in [0.2, 0.25) is 0 Å². The fourth-order valence-electron chi connectivity index (χ4n) is 4.38. The van der Waals surface area contributed by atoms with Crippen LogP contribution in [0.1, 0.15) is 57.4 Å². The SMILES string of the molecule is CCOC(=O)C1(c2ccccc2)CCC(N2CCCCC2)CC1.Cl. The van der Waals surface area contributed by atoms with Crippen molar-refractivity contribution in [2.24, 2.45) is 0 Å². The maximum atomic E-state index is 12.8. The Kier molecular flexibility index (Phi) is 7.12. The number of rotatable bonds is 4. The van der Waals surface area contributed by atoms with E-state index >= 15 is 0 Å². The number of halogens is 1. The van der Waals surface area contributed by atoms with Crippen LogP contribution in [0.5, 0.6) is 0 Å². The lowest BCUT2D eigenvalue weighted by molar-refractivity contribution is -0.152. The quantitative estimate of drug-likeness (QED) is 0.756. The molecule has 0 amide bonds. The largest absolute Gasteiger partial charge is 0.465 e. The maximum Gasteiger partial charge on any atom is 0.316 e. The Morgan fingerprint density at radius 2 is 1.75 bits per heavy atom.